The zero-order valence-electron chi connectivity index (χ0n) is 24.0. The summed E-state index contributed by atoms with van der Waals surface area (Å²) in [7, 11) is -2.34. The highest BCUT2D eigenvalue weighted by molar-refractivity contribution is 6.74. The Hall–Kier alpha value is -3.22. The van der Waals surface area contributed by atoms with E-state index in [0.717, 1.165) is 5.56 Å². The van der Waals surface area contributed by atoms with Gasteiger partial charge in [0.2, 0.25) is 8.32 Å². The van der Waals surface area contributed by atoms with Gasteiger partial charge in [-0.1, -0.05) is 51.1 Å². The van der Waals surface area contributed by atoms with Crippen LogP contribution in [0.1, 0.15) is 70.4 Å². The van der Waals surface area contributed by atoms with Gasteiger partial charge in [0.15, 0.2) is 6.04 Å². The molecule has 2 aliphatic heterocycles. The van der Waals surface area contributed by atoms with Gasteiger partial charge in [-0.25, -0.2) is 10.3 Å². The lowest BCUT2D eigenvalue weighted by atomic mass is 9.97. The van der Waals surface area contributed by atoms with Gasteiger partial charge in [-0.2, -0.15) is 10.2 Å². The fraction of sp³-hybridized carbons (Fsp3) is 0.556. The number of fused-ring (bicyclic) bond motifs is 4. The summed E-state index contributed by atoms with van der Waals surface area (Å²) in [5, 5.41) is 5.58. The van der Waals surface area contributed by atoms with E-state index in [2.05, 4.69) is 31.3 Å². The highest BCUT2D eigenvalue weighted by Crippen LogP contribution is 2.44. The van der Waals surface area contributed by atoms with E-state index in [1.165, 1.54) is 14.6 Å². The van der Waals surface area contributed by atoms with Crippen LogP contribution < -0.4 is 5.48 Å². The van der Waals surface area contributed by atoms with Gasteiger partial charge in [-0.05, 0) is 44.5 Å². The van der Waals surface area contributed by atoms with Crippen LogP contribution in [0.4, 0.5) is 4.79 Å². The minimum atomic E-state index is -2.34. The zero-order chi connectivity index (χ0) is 28.8. The van der Waals surface area contributed by atoms with E-state index in [9.17, 15) is 14.4 Å². The standard InChI is InChI=1S/C27H39N5O6Si/c1-26(2,3)37-21(33)16-31-22-19(14-28-31)20-15-30(23(22)24(34)29-38-39(7,8)27(4,5)6)25(35)32(20)36-17-18-12-10-9-11-13-18/h9-14,20,23H,15-17H2,1-8H3,(H,29,34)/t20-,23-/m0/s1. The molecule has 3 amide bonds. The molecule has 1 saturated heterocycles. The fourth-order valence-electron chi connectivity index (χ4n) is 4.29. The molecule has 0 radical (unpaired) electrons. The van der Waals surface area contributed by atoms with Gasteiger partial charge in [-0.15, -0.1) is 0 Å². The molecule has 39 heavy (non-hydrogen) atoms. The van der Waals surface area contributed by atoms with Crippen molar-refractivity contribution in [3.8, 4) is 0 Å². The number of hydroxylamine groups is 3. The molecular formula is C27H39N5O6Si. The molecule has 0 saturated carbocycles. The normalized spacial score (nSPS) is 19.2. The predicted molar refractivity (Wildman–Crippen MR) is 145 cm³/mol. The van der Waals surface area contributed by atoms with E-state index in [-0.39, 0.29) is 24.7 Å². The summed E-state index contributed by atoms with van der Waals surface area (Å²) < 4.78 is 12.9. The van der Waals surface area contributed by atoms with Gasteiger partial charge in [0, 0.05) is 5.56 Å². The molecule has 1 fully saturated rings. The quantitative estimate of drug-likeness (QED) is 0.293. The molecule has 1 N–H and O–H groups in total. The summed E-state index contributed by atoms with van der Waals surface area (Å²) >= 11 is 0. The third-order valence-electron chi connectivity index (χ3n) is 7.30. The Morgan fingerprint density at radius 3 is 2.38 bits per heavy atom. The summed E-state index contributed by atoms with van der Waals surface area (Å²) in [4.78, 5) is 47.4. The lowest BCUT2D eigenvalue weighted by Gasteiger charge is -2.36. The van der Waals surface area contributed by atoms with E-state index >= 15 is 0 Å². The van der Waals surface area contributed by atoms with Gasteiger partial charge in [-0.3, -0.25) is 19.1 Å². The average molecular weight is 558 g/mol. The Labute approximate surface area is 230 Å². The third kappa shape index (κ3) is 6.02. The number of hydrogen-bond acceptors (Lipinski definition) is 7. The van der Waals surface area contributed by atoms with Gasteiger partial charge >= 0.3 is 12.0 Å². The number of nitrogens with zero attached hydrogens (tertiary/aromatic N) is 4. The van der Waals surface area contributed by atoms with Crippen LogP contribution in [0.5, 0.6) is 0 Å². The van der Waals surface area contributed by atoms with E-state index < -0.39 is 43.9 Å². The molecular weight excluding hydrogens is 518 g/mol. The number of ether oxygens (including phenoxy) is 1. The topological polar surface area (TPSA) is 115 Å². The Balaban J connectivity index is 1.65. The van der Waals surface area contributed by atoms with Crippen molar-refractivity contribution in [2.75, 3.05) is 6.54 Å². The summed E-state index contributed by atoms with van der Waals surface area (Å²) in [6, 6.07) is 7.52. The first-order chi connectivity index (χ1) is 18.1. The number of aromatic nitrogens is 2. The lowest BCUT2D eigenvalue weighted by molar-refractivity contribution is -0.156. The Morgan fingerprint density at radius 2 is 1.77 bits per heavy atom. The largest absolute Gasteiger partial charge is 0.459 e. The Morgan fingerprint density at radius 1 is 1.10 bits per heavy atom. The van der Waals surface area contributed by atoms with E-state index in [0.29, 0.717) is 11.3 Å². The lowest BCUT2D eigenvalue weighted by Crippen LogP contribution is -2.50. The molecule has 2 bridgehead atoms. The van der Waals surface area contributed by atoms with Gasteiger partial charge in [0.1, 0.15) is 24.8 Å². The number of benzene rings is 1. The van der Waals surface area contributed by atoms with Crippen molar-refractivity contribution in [2.24, 2.45) is 0 Å². The molecule has 0 unspecified atom stereocenters. The maximum absolute atomic E-state index is 13.7. The van der Waals surface area contributed by atoms with Crippen molar-refractivity contribution in [1.82, 2.24) is 25.2 Å². The van der Waals surface area contributed by atoms with E-state index in [1.54, 1.807) is 27.0 Å². The van der Waals surface area contributed by atoms with Crippen LogP contribution in [0.25, 0.3) is 0 Å². The van der Waals surface area contributed by atoms with E-state index in [4.69, 9.17) is 14.1 Å². The number of rotatable bonds is 8. The second-order valence-electron chi connectivity index (χ2n) is 12.5. The molecule has 12 heteroatoms. The van der Waals surface area contributed by atoms with Crippen molar-refractivity contribution >= 4 is 26.2 Å². The van der Waals surface area contributed by atoms with Crippen molar-refractivity contribution < 1.29 is 28.5 Å². The Kier molecular flexibility index (Phi) is 7.67. The molecule has 3 heterocycles. The first-order valence-corrected chi connectivity index (χ1v) is 16.0. The number of carbonyl (C=O) groups excluding carboxylic acids is 3. The SMILES string of the molecule is CC(C)(C)OC(=O)Cn1ncc2c1[C@@H](C(=O)NO[Si](C)(C)C(C)(C)C)N1C[C@@H]2N(OCc2ccccc2)C1=O. The molecule has 0 spiro atoms. The predicted octanol–water partition coefficient (Wildman–Crippen LogP) is 4.24. The van der Waals surface area contributed by atoms with Gasteiger partial charge < -0.3 is 14.2 Å². The highest BCUT2D eigenvalue weighted by atomic mass is 28.4. The second kappa shape index (κ2) is 10.4. The number of amides is 3. The van der Waals surface area contributed by atoms with Crippen molar-refractivity contribution in [3.05, 3.63) is 53.3 Å². The van der Waals surface area contributed by atoms with Crippen LogP contribution in [0, 0.1) is 0 Å². The van der Waals surface area contributed by atoms with Crippen LogP contribution in [0.15, 0.2) is 36.5 Å². The summed E-state index contributed by atoms with van der Waals surface area (Å²) in [5.74, 6) is -1.01. The third-order valence-corrected chi connectivity index (χ3v) is 11.5. The Bertz CT molecular complexity index is 1230. The van der Waals surface area contributed by atoms with Gasteiger partial charge in [0.25, 0.3) is 5.91 Å². The number of nitrogens with one attached hydrogen (secondary N) is 1. The van der Waals surface area contributed by atoms with Crippen LogP contribution in [-0.4, -0.2) is 58.1 Å². The molecule has 0 aliphatic carbocycles. The minimum absolute atomic E-state index is 0.146. The molecule has 1 aromatic heterocycles. The molecule has 2 aliphatic rings. The highest BCUT2D eigenvalue weighted by Gasteiger charge is 2.53. The first-order valence-electron chi connectivity index (χ1n) is 13.1. The van der Waals surface area contributed by atoms with E-state index in [1.807, 2.05) is 43.4 Å². The number of esters is 1. The average Bonchev–Trinajstić information content (AvgIpc) is 3.35. The molecule has 212 valence electrons. The zero-order valence-corrected chi connectivity index (χ0v) is 25.0. The van der Waals surface area contributed by atoms with Crippen LogP contribution in [0.2, 0.25) is 18.1 Å². The van der Waals surface area contributed by atoms with Gasteiger partial charge in [0.05, 0.1) is 18.4 Å². The van der Waals surface area contributed by atoms with Crippen molar-refractivity contribution in [2.45, 2.75) is 90.5 Å². The van der Waals surface area contributed by atoms with Crippen LogP contribution in [0.3, 0.4) is 0 Å². The van der Waals surface area contributed by atoms with Crippen LogP contribution in [-0.2, 0) is 36.8 Å². The second-order valence-corrected chi connectivity index (χ2v) is 17.2. The number of carbonyl (C=O) groups is 3. The first kappa shape index (κ1) is 28.8. The molecule has 2 atom stereocenters. The maximum atomic E-state index is 13.7. The number of urea groups is 1. The van der Waals surface area contributed by atoms with Crippen molar-refractivity contribution in [1.29, 1.82) is 0 Å². The van der Waals surface area contributed by atoms with Crippen molar-refractivity contribution in [3.63, 3.8) is 0 Å². The minimum Gasteiger partial charge on any atom is -0.459 e. The summed E-state index contributed by atoms with van der Waals surface area (Å²) in [6.07, 6.45) is 1.59. The molecule has 1 aromatic carbocycles. The maximum Gasteiger partial charge on any atom is 0.345 e. The smallest absolute Gasteiger partial charge is 0.345 e. The number of hydrogen-bond donors (Lipinski definition) is 1. The summed E-state index contributed by atoms with van der Waals surface area (Å²) in [6.45, 7) is 15.8. The molecule has 4 rings (SSSR count). The fourth-order valence-corrected chi connectivity index (χ4v) is 4.95. The van der Waals surface area contributed by atoms with Crippen LogP contribution >= 0.6 is 0 Å². The summed E-state index contributed by atoms with van der Waals surface area (Å²) in [5.41, 5.74) is 3.94. The molecule has 2 aromatic rings. The monoisotopic (exact) mass is 557 g/mol. The molecule has 11 nitrogen and oxygen atoms in total.